The summed E-state index contributed by atoms with van der Waals surface area (Å²) in [5.41, 5.74) is 2.85. The third-order valence-corrected chi connectivity index (χ3v) is 5.80. The standard InChI is InChI=1S/C23H23N3O2S/c1-15(2)22-20-10-9-19(29-14-17-7-5-4-6-8-17)12-21(20)23(27)26(24-22)13-18-11-16(3)25-28-18/h4-12,15H,13-14H2,1-3H3. The highest BCUT2D eigenvalue weighted by Gasteiger charge is 2.15. The van der Waals surface area contributed by atoms with Crippen LogP contribution in [-0.2, 0) is 12.3 Å². The van der Waals surface area contributed by atoms with Gasteiger partial charge in [0.2, 0.25) is 0 Å². The molecule has 6 heteroatoms. The van der Waals surface area contributed by atoms with Crippen LogP contribution in [-0.4, -0.2) is 14.9 Å². The summed E-state index contributed by atoms with van der Waals surface area (Å²) < 4.78 is 6.78. The molecule has 148 valence electrons. The molecular weight excluding hydrogens is 382 g/mol. The number of hydrogen-bond donors (Lipinski definition) is 0. The number of aromatic nitrogens is 3. The lowest BCUT2D eigenvalue weighted by molar-refractivity contribution is 0.365. The van der Waals surface area contributed by atoms with E-state index in [-0.39, 0.29) is 18.0 Å². The van der Waals surface area contributed by atoms with Crippen LogP contribution in [0.5, 0.6) is 0 Å². The molecule has 0 amide bonds. The Morgan fingerprint density at radius 3 is 2.55 bits per heavy atom. The van der Waals surface area contributed by atoms with Gasteiger partial charge in [-0.15, -0.1) is 11.8 Å². The van der Waals surface area contributed by atoms with Gasteiger partial charge in [0.05, 0.1) is 16.8 Å². The van der Waals surface area contributed by atoms with Crippen molar-refractivity contribution in [2.45, 2.75) is 43.9 Å². The predicted octanol–water partition coefficient (Wildman–Crippen LogP) is 5.16. The van der Waals surface area contributed by atoms with Gasteiger partial charge in [-0.2, -0.15) is 5.10 Å². The molecule has 0 radical (unpaired) electrons. The van der Waals surface area contributed by atoms with Gasteiger partial charge in [-0.3, -0.25) is 4.79 Å². The predicted molar refractivity (Wildman–Crippen MR) is 116 cm³/mol. The van der Waals surface area contributed by atoms with E-state index in [1.54, 1.807) is 11.8 Å². The van der Waals surface area contributed by atoms with E-state index < -0.39 is 0 Å². The maximum Gasteiger partial charge on any atom is 0.275 e. The molecule has 0 spiro atoms. The first-order valence-corrected chi connectivity index (χ1v) is 10.6. The quantitative estimate of drug-likeness (QED) is 0.415. The van der Waals surface area contributed by atoms with Crippen molar-refractivity contribution in [3.05, 3.63) is 87.7 Å². The summed E-state index contributed by atoms with van der Waals surface area (Å²) in [4.78, 5) is 14.2. The second-order valence-electron chi connectivity index (χ2n) is 7.42. The van der Waals surface area contributed by atoms with Crippen LogP contribution < -0.4 is 5.56 Å². The van der Waals surface area contributed by atoms with Gasteiger partial charge in [-0.1, -0.05) is 55.4 Å². The lowest BCUT2D eigenvalue weighted by Gasteiger charge is -2.13. The molecule has 5 nitrogen and oxygen atoms in total. The molecule has 2 aromatic heterocycles. The van der Waals surface area contributed by atoms with Crippen LogP contribution in [0.1, 0.15) is 42.5 Å². The van der Waals surface area contributed by atoms with Crippen molar-refractivity contribution < 1.29 is 4.52 Å². The number of aryl methyl sites for hydroxylation is 1. The summed E-state index contributed by atoms with van der Waals surface area (Å²) in [5.74, 6) is 1.68. The smallest absolute Gasteiger partial charge is 0.275 e. The van der Waals surface area contributed by atoms with Crippen molar-refractivity contribution in [1.29, 1.82) is 0 Å². The van der Waals surface area contributed by atoms with Crippen molar-refractivity contribution in [3.63, 3.8) is 0 Å². The second-order valence-corrected chi connectivity index (χ2v) is 8.47. The Kier molecular flexibility index (Phi) is 5.53. The van der Waals surface area contributed by atoms with Crippen LogP contribution in [0, 0.1) is 6.92 Å². The summed E-state index contributed by atoms with van der Waals surface area (Å²) in [6.45, 7) is 6.32. The molecule has 2 aromatic carbocycles. The Labute approximate surface area is 173 Å². The Bertz CT molecular complexity index is 1200. The summed E-state index contributed by atoms with van der Waals surface area (Å²) in [7, 11) is 0. The molecule has 0 bridgehead atoms. The number of hydrogen-bond acceptors (Lipinski definition) is 5. The fourth-order valence-electron chi connectivity index (χ4n) is 3.29. The summed E-state index contributed by atoms with van der Waals surface area (Å²) in [6.07, 6.45) is 0. The fourth-order valence-corrected chi connectivity index (χ4v) is 4.19. The van der Waals surface area contributed by atoms with Crippen LogP contribution in [0.25, 0.3) is 10.8 Å². The molecule has 0 unspecified atom stereocenters. The van der Waals surface area contributed by atoms with Gasteiger partial charge < -0.3 is 4.52 Å². The lowest BCUT2D eigenvalue weighted by Crippen LogP contribution is -2.25. The second kappa shape index (κ2) is 8.25. The van der Waals surface area contributed by atoms with Gasteiger partial charge >= 0.3 is 0 Å². The van der Waals surface area contributed by atoms with Crippen LogP contribution in [0.15, 0.2) is 68.8 Å². The molecule has 0 fully saturated rings. The molecule has 29 heavy (non-hydrogen) atoms. The molecule has 4 rings (SSSR count). The molecule has 0 saturated heterocycles. The first kappa shape index (κ1) is 19.5. The molecule has 0 saturated carbocycles. The summed E-state index contributed by atoms with van der Waals surface area (Å²) in [5, 5.41) is 10.2. The third-order valence-electron chi connectivity index (χ3n) is 4.74. The zero-order valence-corrected chi connectivity index (χ0v) is 17.6. The summed E-state index contributed by atoms with van der Waals surface area (Å²) >= 11 is 1.73. The Morgan fingerprint density at radius 1 is 1.07 bits per heavy atom. The minimum atomic E-state index is -0.111. The zero-order valence-electron chi connectivity index (χ0n) is 16.8. The van der Waals surface area contributed by atoms with Crippen LogP contribution in [0.4, 0.5) is 0 Å². The van der Waals surface area contributed by atoms with E-state index in [4.69, 9.17) is 4.52 Å². The van der Waals surface area contributed by atoms with Crippen LogP contribution in [0.2, 0.25) is 0 Å². The van der Waals surface area contributed by atoms with E-state index in [1.165, 1.54) is 10.2 Å². The Balaban J connectivity index is 1.73. The van der Waals surface area contributed by atoms with Gasteiger partial charge in [-0.25, -0.2) is 4.68 Å². The van der Waals surface area contributed by atoms with E-state index in [1.807, 2.05) is 43.3 Å². The van der Waals surface area contributed by atoms with Gasteiger partial charge in [0, 0.05) is 22.1 Å². The molecule has 0 N–H and O–H groups in total. The Morgan fingerprint density at radius 2 is 1.86 bits per heavy atom. The maximum absolute atomic E-state index is 13.2. The molecule has 0 aliphatic carbocycles. The van der Waals surface area contributed by atoms with Crippen molar-refractivity contribution in [2.75, 3.05) is 0 Å². The van der Waals surface area contributed by atoms with Gasteiger partial charge in [0.25, 0.3) is 5.56 Å². The van der Waals surface area contributed by atoms with Crippen molar-refractivity contribution >= 4 is 22.5 Å². The SMILES string of the molecule is Cc1cc(Cn2nc(C(C)C)c3ccc(SCc4ccccc4)cc3c2=O)on1. The molecule has 0 atom stereocenters. The molecule has 4 aromatic rings. The van der Waals surface area contributed by atoms with Gasteiger partial charge in [0.15, 0.2) is 5.76 Å². The first-order chi connectivity index (χ1) is 14.0. The molecular formula is C23H23N3O2S. The average Bonchev–Trinajstić information content (AvgIpc) is 3.14. The highest BCUT2D eigenvalue weighted by atomic mass is 32.2. The largest absolute Gasteiger partial charge is 0.359 e. The number of fused-ring (bicyclic) bond motifs is 1. The first-order valence-electron chi connectivity index (χ1n) is 9.65. The lowest BCUT2D eigenvalue weighted by atomic mass is 10.0. The third kappa shape index (κ3) is 4.27. The molecule has 2 heterocycles. The van der Waals surface area contributed by atoms with Gasteiger partial charge in [-0.05, 0) is 30.5 Å². The highest BCUT2D eigenvalue weighted by molar-refractivity contribution is 7.98. The zero-order chi connectivity index (χ0) is 20.4. The van der Waals surface area contributed by atoms with Crippen LogP contribution in [0.3, 0.4) is 0 Å². The number of rotatable bonds is 6. The fraction of sp³-hybridized carbons (Fsp3) is 0.261. The highest BCUT2D eigenvalue weighted by Crippen LogP contribution is 2.28. The Hall–Kier alpha value is -2.86. The van der Waals surface area contributed by atoms with Crippen molar-refractivity contribution in [3.8, 4) is 0 Å². The maximum atomic E-state index is 13.2. The van der Waals surface area contributed by atoms with E-state index in [9.17, 15) is 4.79 Å². The van der Waals surface area contributed by atoms with E-state index in [0.29, 0.717) is 11.1 Å². The monoisotopic (exact) mass is 405 g/mol. The minimum Gasteiger partial charge on any atom is -0.359 e. The van der Waals surface area contributed by atoms with Crippen molar-refractivity contribution in [1.82, 2.24) is 14.9 Å². The van der Waals surface area contributed by atoms with Gasteiger partial charge in [0.1, 0.15) is 6.54 Å². The van der Waals surface area contributed by atoms with E-state index in [2.05, 4.69) is 42.3 Å². The average molecular weight is 406 g/mol. The summed E-state index contributed by atoms with van der Waals surface area (Å²) in [6, 6.07) is 18.2. The number of thioether (sulfide) groups is 1. The normalized spacial score (nSPS) is 11.4. The molecule has 0 aliphatic rings. The van der Waals surface area contributed by atoms with E-state index in [0.717, 1.165) is 27.4 Å². The number of benzene rings is 2. The van der Waals surface area contributed by atoms with Crippen LogP contribution >= 0.6 is 11.8 Å². The molecule has 0 aliphatic heterocycles. The topological polar surface area (TPSA) is 60.9 Å². The van der Waals surface area contributed by atoms with E-state index >= 15 is 0 Å². The number of nitrogens with zero attached hydrogens (tertiary/aromatic N) is 3. The van der Waals surface area contributed by atoms with Crippen molar-refractivity contribution in [2.24, 2.45) is 0 Å². The minimum absolute atomic E-state index is 0.111.